The SMILES string of the molecule is CNCC(=O)N[C@H](C(=O)N1CCC[C@H]1CN(CCc1ccccc1)C(=O)COCCOCCNC(=O)CCC(=O)NCCNC(=O)OC1Cc2ccccc2C#Cc2ccccc21)C(C)C. The van der Waals surface area contributed by atoms with Crippen molar-refractivity contribution in [3.8, 4) is 11.8 Å². The Bertz CT molecular complexity index is 2140. The van der Waals surface area contributed by atoms with Crippen molar-refractivity contribution in [2.45, 2.75) is 70.6 Å². The molecule has 1 saturated heterocycles. The Morgan fingerprint density at radius 1 is 0.773 bits per heavy atom. The Labute approximate surface area is 388 Å². The zero-order chi connectivity index (χ0) is 47.1. The summed E-state index contributed by atoms with van der Waals surface area (Å²) in [5.41, 5.74) is 4.60. The molecule has 2 aliphatic rings. The smallest absolute Gasteiger partial charge is 0.407 e. The summed E-state index contributed by atoms with van der Waals surface area (Å²) in [6.07, 6.45) is 1.48. The molecule has 0 bridgehead atoms. The third kappa shape index (κ3) is 16.6. The summed E-state index contributed by atoms with van der Waals surface area (Å²) in [4.78, 5) is 80.7. The van der Waals surface area contributed by atoms with Crippen LogP contribution in [0.5, 0.6) is 0 Å². The molecule has 6 amide bonds. The van der Waals surface area contributed by atoms with Crippen molar-refractivity contribution in [1.29, 1.82) is 0 Å². The van der Waals surface area contributed by atoms with Gasteiger partial charge in [0.15, 0.2) is 0 Å². The second kappa shape index (κ2) is 27.3. The number of rotatable bonds is 25. The molecule has 1 aliphatic heterocycles. The van der Waals surface area contributed by atoms with E-state index >= 15 is 0 Å². The summed E-state index contributed by atoms with van der Waals surface area (Å²) in [7, 11) is 1.68. The first kappa shape index (κ1) is 50.7. The van der Waals surface area contributed by atoms with Gasteiger partial charge in [0, 0.05) is 81.3 Å². The van der Waals surface area contributed by atoms with Gasteiger partial charge in [-0.05, 0) is 55.5 Å². The Balaban J connectivity index is 0.943. The predicted molar refractivity (Wildman–Crippen MR) is 249 cm³/mol. The number of hydrogen-bond acceptors (Lipinski definition) is 10. The van der Waals surface area contributed by atoms with Crippen molar-refractivity contribution in [3.63, 3.8) is 0 Å². The van der Waals surface area contributed by atoms with Crippen LogP contribution in [0.3, 0.4) is 0 Å². The fourth-order valence-corrected chi connectivity index (χ4v) is 7.81. The molecule has 354 valence electrons. The third-order valence-electron chi connectivity index (χ3n) is 11.3. The molecule has 16 nitrogen and oxygen atoms in total. The van der Waals surface area contributed by atoms with Crippen LogP contribution >= 0.6 is 0 Å². The first-order valence-corrected chi connectivity index (χ1v) is 22.9. The second-order valence-corrected chi connectivity index (χ2v) is 16.6. The number of hydrogen-bond donors (Lipinski definition) is 5. The number of carbonyl (C=O) groups excluding carboxylic acids is 6. The van der Waals surface area contributed by atoms with Crippen LogP contribution in [0.25, 0.3) is 0 Å². The molecule has 66 heavy (non-hydrogen) atoms. The molecule has 1 aliphatic carbocycles. The van der Waals surface area contributed by atoms with Crippen LogP contribution in [-0.2, 0) is 51.0 Å². The van der Waals surface area contributed by atoms with E-state index in [4.69, 9.17) is 14.2 Å². The lowest BCUT2D eigenvalue weighted by Gasteiger charge is -2.34. The number of fused-ring (bicyclic) bond motifs is 2. The highest BCUT2D eigenvalue weighted by molar-refractivity contribution is 5.89. The molecule has 0 aromatic heterocycles. The number of carbonyl (C=O) groups is 6. The molecule has 16 heteroatoms. The van der Waals surface area contributed by atoms with Crippen molar-refractivity contribution in [3.05, 3.63) is 107 Å². The van der Waals surface area contributed by atoms with Gasteiger partial charge in [-0.1, -0.05) is 92.4 Å². The molecule has 3 aromatic rings. The molecule has 0 radical (unpaired) electrons. The van der Waals surface area contributed by atoms with Gasteiger partial charge in [-0.15, -0.1) is 0 Å². The first-order valence-electron chi connectivity index (χ1n) is 22.9. The standard InChI is InChI=1S/C50H65N7O9/c1-36(2)48(55-46(60)33-51-3)49(62)57-27-11-17-41(57)34-56(28-23-37-12-5-4-6-13-37)47(61)35-65-31-30-64-29-26-53-45(59)22-21-44(58)52-24-25-54-50(63)66-43-32-40-16-8-7-14-38(40)19-20-39-15-9-10-18-42(39)43/h4-10,12-16,18,36,41,43,48,51H,11,17,21-35H2,1-3H3,(H,52,58)(H,53,59)(H,54,63)(H,55,60)/t41-,43?,48-/m0/s1. The lowest BCUT2D eigenvalue weighted by atomic mass is 9.92. The molecule has 0 saturated carbocycles. The van der Waals surface area contributed by atoms with Gasteiger partial charge in [-0.25, -0.2) is 4.79 Å². The highest BCUT2D eigenvalue weighted by Crippen LogP contribution is 2.28. The van der Waals surface area contributed by atoms with E-state index in [2.05, 4.69) is 38.4 Å². The van der Waals surface area contributed by atoms with E-state index in [9.17, 15) is 28.8 Å². The average molecular weight is 908 g/mol. The number of likely N-dealkylation sites (N-methyl/N-ethyl adjacent to an activating group) is 1. The average Bonchev–Trinajstić information content (AvgIpc) is 3.78. The number of benzene rings is 3. The van der Waals surface area contributed by atoms with Crippen molar-refractivity contribution in [2.75, 3.05) is 79.3 Å². The van der Waals surface area contributed by atoms with Crippen LogP contribution < -0.4 is 26.6 Å². The largest absolute Gasteiger partial charge is 0.441 e. The van der Waals surface area contributed by atoms with Crippen molar-refractivity contribution < 1.29 is 43.0 Å². The zero-order valence-corrected chi connectivity index (χ0v) is 38.4. The number of likely N-dealkylation sites (tertiary alicyclic amines) is 1. The highest BCUT2D eigenvalue weighted by atomic mass is 16.6. The summed E-state index contributed by atoms with van der Waals surface area (Å²) in [5, 5.41) is 13.8. The maximum Gasteiger partial charge on any atom is 0.407 e. The van der Waals surface area contributed by atoms with Crippen molar-refractivity contribution in [2.24, 2.45) is 5.92 Å². The maximum atomic E-state index is 13.7. The summed E-state index contributed by atoms with van der Waals surface area (Å²) in [6, 6.07) is 24.4. The summed E-state index contributed by atoms with van der Waals surface area (Å²) in [5.74, 6) is 5.07. The van der Waals surface area contributed by atoms with Crippen LogP contribution in [-0.4, -0.2) is 137 Å². The predicted octanol–water partition coefficient (Wildman–Crippen LogP) is 2.88. The highest BCUT2D eigenvalue weighted by Gasteiger charge is 2.36. The number of nitrogens with one attached hydrogen (secondary N) is 5. The van der Waals surface area contributed by atoms with Crippen LogP contribution in [0, 0.1) is 17.8 Å². The van der Waals surface area contributed by atoms with Crippen LogP contribution in [0.2, 0.25) is 0 Å². The van der Waals surface area contributed by atoms with Gasteiger partial charge >= 0.3 is 6.09 Å². The lowest BCUT2D eigenvalue weighted by molar-refractivity contribution is -0.141. The molecule has 1 unspecified atom stereocenters. The van der Waals surface area contributed by atoms with E-state index in [1.165, 1.54) is 0 Å². The minimum Gasteiger partial charge on any atom is -0.441 e. The molecule has 5 N–H and O–H groups in total. The topological polar surface area (TPSA) is 197 Å². The van der Waals surface area contributed by atoms with Crippen LogP contribution in [0.15, 0.2) is 78.9 Å². The molecule has 1 fully saturated rings. The molecular weight excluding hydrogens is 843 g/mol. The van der Waals surface area contributed by atoms with Gasteiger partial charge in [-0.2, -0.15) is 0 Å². The Kier molecular flexibility index (Phi) is 20.9. The number of alkyl carbamates (subject to hydrolysis) is 1. The van der Waals surface area contributed by atoms with Crippen molar-refractivity contribution >= 4 is 35.6 Å². The molecule has 3 atom stereocenters. The number of ether oxygens (including phenoxy) is 3. The van der Waals surface area contributed by atoms with E-state index in [0.717, 1.165) is 40.7 Å². The number of amides is 6. The lowest BCUT2D eigenvalue weighted by Crippen LogP contribution is -2.55. The van der Waals surface area contributed by atoms with E-state index in [-0.39, 0.29) is 107 Å². The summed E-state index contributed by atoms with van der Waals surface area (Å²) < 4.78 is 17.1. The Hall–Kier alpha value is -6.28. The van der Waals surface area contributed by atoms with E-state index < -0.39 is 18.2 Å². The molecular formula is C50H65N7O9. The third-order valence-corrected chi connectivity index (χ3v) is 11.3. The minimum atomic E-state index is -0.665. The molecule has 1 heterocycles. The Morgan fingerprint density at radius 3 is 2.20 bits per heavy atom. The normalized spacial score (nSPS) is 15.4. The summed E-state index contributed by atoms with van der Waals surface area (Å²) >= 11 is 0. The monoisotopic (exact) mass is 907 g/mol. The second-order valence-electron chi connectivity index (χ2n) is 16.6. The fraction of sp³-hybridized carbons (Fsp3) is 0.480. The van der Waals surface area contributed by atoms with Gasteiger partial charge in [0.2, 0.25) is 29.5 Å². The maximum absolute atomic E-state index is 13.7. The zero-order valence-electron chi connectivity index (χ0n) is 38.4. The molecule has 0 spiro atoms. The molecule has 5 rings (SSSR count). The van der Waals surface area contributed by atoms with Gasteiger partial charge in [-0.3, -0.25) is 24.0 Å². The van der Waals surface area contributed by atoms with Gasteiger partial charge in [0.25, 0.3) is 0 Å². The van der Waals surface area contributed by atoms with E-state index in [1.807, 2.05) is 97.6 Å². The van der Waals surface area contributed by atoms with Crippen LogP contribution in [0.4, 0.5) is 4.79 Å². The van der Waals surface area contributed by atoms with Gasteiger partial charge in [0.05, 0.1) is 26.4 Å². The van der Waals surface area contributed by atoms with Gasteiger partial charge in [0.1, 0.15) is 18.8 Å². The summed E-state index contributed by atoms with van der Waals surface area (Å²) in [6.45, 7) is 6.24. The van der Waals surface area contributed by atoms with Gasteiger partial charge < -0.3 is 50.6 Å². The Morgan fingerprint density at radius 2 is 1.44 bits per heavy atom. The van der Waals surface area contributed by atoms with E-state index in [0.29, 0.717) is 32.5 Å². The fourth-order valence-electron chi connectivity index (χ4n) is 7.81. The first-order chi connectivity index (χ1) is 32.0. The van der Waals surface area contributed by atoms with Crippen molar-refractivity contribution in [1.82, 2.24) is 36.4 Å². The minimum absolute atomic E-state index is 0.0168. The van der Waals surface area contributed by atoms with Crippen LogP contribution in [0.1, 0.15) is 73.5 Å². The quantitative estimate of drug-likeness (QED) is 0.0624. The molecule has 3 aromatic carbocycles. The number of nitrogens with zero attached hydrogens (tertiary/aromatic N) is 2. The van der Waals surface area contributed by atoms with E-state index in [1.54, 1.807) is 11.9 Å².